The molecular formula is C13H18N4OS. The number of nitrogens with zero attached hydrogens (tertiary/aromatic N) is 3. The third kappa shape index (κ3) is 2.43. The van der Waals surface area contributed by atoms with Crippen LogP contribution in [0.15, 0.2) is 12.4 Å². The number of aryl methyl sites for hydroxylation is 1. The fourth-order valence-corrected chi connectivity index (χ4v) is 3.37. The number of hydrogen-bond donors (Lipinski definition) is 1. The van der Waals surface area contributed by atoms with Crippen molar-refractivity contribution >= 4 is 27.4 Å². The molecule has 0 saturated carbocycles. The maximum atomic E-state index is 5.58. The van der Waals surface area contributed by atoms with E-state index < -0.39 is 0 Å². The monoisotopic (exact) mass is 278 g/mol. The molecule has 1 aliphatic rings. The zero-order valence-electron chi connectivity index (χ0n) is 11.2. The zero-order valence-corrected chi connectivity index (χ0v) is 12.0. The molecule has 2 aromatic rings. The summed E-state index contributed by atoms with van der Waals surface area (Å²) in [6.45, 7) is 5.40. The summed E-state index contributed by atoms with van der Waals surface area (Å²) in [6, 6.07) is 2.51. The summed E-state index contributed by atoms with van der Waals surface area (Å²) in [7, 11) is 1.97. The minimum absolute atomic E-state index is 0.331. The average molecular weight is 278 g/mol. The van der Waals surface area contributed by atoms with Crippen molar-refractivity contribution in [3.05, 3.63) is 17.3 Å². The van der Waals surface area contributed by atoms with Gasteiger partial charge in [0.25, 0.3) is 0 Å². The van der Waals surface area contributed by atoms with Gasteiger partial charge in [-0.3, -0.25) is 0 Å². The van der Waals surface area contributed by atoms with Crippen molar-refractivity contribution in [1.82, 2.24) is 15.3 Å². The summed E-state index contributed by atoms with van der Waals surface area (Å²) in [5, 5.41) is 4.39. The molecule has 1 saturated heterocycles. The summed E-state index contributed by atoms with van der Waals surface area (Å²) >= 11 is 1.72. The van der Waals surface area contributed by atoms with Gasteiger partial charge in [0.2, 0.25) is 0 Å². The van der Waals surface area contributed by atoms with Crippen LogP contribution in [-0.4, -0.2) is 49.4 Å². The van der Waals surface area contributed by atoms with Crippen LogP contribution < -0.4 is 10.2 Å². The molecule has 19 heavy (non-hydrogen) atoms. The Morgan fingerprint density at radius 3 is 3.26 bits per heavy atom. The molecule has 3 rings (SSSR count). The van der Waals surface area contributed by atoms with E-state index in [-0.39, 0.29) is 0 Å². The second kappa shape index (κ2) is 5.40. The molecule has 0 amide bonds. The van der Waals surface area contributed by atoms with Gasteiger partial charge in [-0.2, -0.15) is 0 Å². The average Bonchev–Trinajstić information content (AvgIpc) is 2.80. The molecule has 2 aromatic heterocycles. The van der Waals surface area contributed by atoms with Gasteiger partial charge in [-0.25, -0.2) is 9.97 Å². The third-order valence-electron chi connectivity index (χ3n) is 3.37. The Balaban J connectivity index is 2.01. The summed E-state index contributed by atoms with van der Waals surface area (Å²) in [4.78, 5) is 13.6. The molecule has 0 bridgehead atoms. The van der Waals surface area contributed by atoms with Gasteiger partial charge in [-0.15, -0.1) is 11.3 Å². The first kappa shape index (κ1) is 12.8. The number of aromatic nitrogens is 2. The molecular weight excluding hydrogens is 260 g/mol. The molecule has 1 aliphatic heterocycles. The highest BCUT2D eigenvalue weighted by Gasteiger charge is 2.25. The first-order chi connectivity index (χ1) is 9.29. The molecule has 0 aromatic carbocycles. The van der Waals surface area contributed by atoms with Gasteiger partial charge in [-0.1, -0.05) is 0 Å². The maximum absolute atomic E-state index is 5.58. The van der Waals surface area contributed by atoms with Gasteiger partial charge in [-0.05, 0) is 20.0 Å². The molecule has 0 radical (unpaired) electrons. The van der Waals surface area contributed by atoms with Crippen LogP contribution >= 0.6 is 11.3 Å². The Morgan fingerprint density at radius 1 is 1.53 bits per heavy atom. The van der Waals surface area contributed by atoms with Crippen molar-refractivity contribution < 1.29 is 4.74 Å². The van der Waals surface area contributed by atoms with E-state index in [2.05, 4.69) is 33.2 Å². The number of likely N-dealkylation sites (N-methyl/N-ethyl adjacent to an activating group) is 1. The van der Waals surface area contributed by atoms with Crippen LogP contribution in [-0.2, 0) is 4.74 Å². The first-order valence-corrected chi connectivity index (χ1v) is 7.31. The van der Waals surface area contributed by atoms with Crippen LogP contribution in [0.5, 0.6) is 0 Å². The molecule has 0 spiro atoms. The van der Waals surface area contributed by atoms with E-state index in [1.54, 1.807) is 17.7 Å². The van der Waals surface area contributed by atoms with Crippen LogP contribution in [0, 0.1) is 6.92 Å². The van der Waals surface area contributed by atoms with Crippen molar-refractivity contribution in [2.75, 3.05) is 38.3 Å². The van der Waals surface area contributed by atoms with Crippen molar-refractivity contribution in [2.45, 2.75) is 13.0 Å². The lowest BCUT2D eigenvalue weighted by molar-refractivity contribution is 0.0941. The molecule has 0 aliphatic carbocycles. The maximum Gasteiger partial charge on any atom is 0.141 e. The lowest BCUT2D eigenvalue weighted by atomic mass is 10.2. The topological polar surface area (TPSA) is 50.3 Å². The molecule has 1 fully saturated rings. The zero-order chi connectivity index (χ0) is 13.2. The van der Waals surface area contributed by atoms with E-state index in [9.17, 15) is 0 Å². The second-order valence-electron chi connectivity index (χ2n) is 4.75. The highest BCUT2D eigenvalue weighted by atomic mass is 32.1. The molecule has 1 unspecified atom stereocenters. The third-order valence-corrected chi connectivity index (χ3v) is 4.33. The predicted octanol–water partition coefficient (Wildman–Crippen LogP) is 1.42. The molecule has 1 N–H and O–H groups in total. The predicted molar refractivity (Wildman–Crippen MR) is 78.0 cm³/mol. The fraction of sp³-hybridized carbons (Fsp3) is 0.538. The van der Waals surface area contributed by atoms with E-state index in [0.717, 1.165) is 42.3 Å². The Hall–Kier alpha value is -1.24. The van der Waals surface area contributed by atoms with E-state index in [0.29, 0.717) is 6.04 Å². The Labute approximate surface area is 116 Å². The van der Waals surface area contributed by atoms with Gasteiger partial charge >= 0.3 is 0 Å². The smallest absolute Gasteiger partial charge is 0.141 e. The lowest BCUT2D eigenvalue weighted by Gasteiger charge is -2.36. The van der Waals surface area contributed by atoms with Gasteiger partial charge in [0.15, 0.2) is 0 Å². The van der Waals surface area contributed by atoms with Crippen molar-refractivity contribution in [3.8, 4) is 0 Å². The van der Waals surface area contributed by atoms with E-state index in [4.69, 9.17) is 4.74 Å². The highest BCUT2D eigenvalue weighted by Crippen LogP contribution is 2.31. The molecule has 6 heteroatoms. The Morgan fingerprint density at radius 2 is 2.42 bits per heavy atom. The first-order valence-electron chi connectivity index (χ1n) is 6.49. The largest absolute Gasteiger partial charge is 0.377 e. The van der Waals surface area contributed by atoms with Crippen LogP contribution in [0.2, 0.25) is 0 Å². The van der Waals surface area contributed by atoms with Crippen LogP contribution in [0.1, 0.15) is 4.88 Å². The number of ether oxygens (including phenoxy) is 1. The normalized spacial score (nSPS) is 20.1. The van der Waals surface area contributed by atoms with Crippen molar-refractivity contribution in [3.63, 3.8) is 0 Å². The number of rotatable bonds is 3. The SMILES string of the molecule is CNCC1COCCN1c1ncnc2sc(C)cc12. The number of anilines is 1. The van der Waals surface area contributed by atoms with E-state index in [1.807, 2.05) is 7.05 Å². The van der Waals surface area contributed by atoms with E-state index >= 15 is 0 Å². The second-order valence-corrected chi connectivity index (χ2v) is 5.99. The number of fused-ring (bicyclic) bond motifs is 1. The van der Waals surface area contributed by atoms with Crippen LogP contribution in [0.3, 0.4) is 0 Å². The fourth-order valence-electron chi connectivity index (χ4n) is 2.53. The summed E-state index contributed by atoms with van der Waals surface area (Å²) < 4.78 is 5.58. The van der Waals surface area contributed by atoms with Crippen LogP contribution in [0.25, 0.3) is 10.2 Å². The lowest BCUT2D eigenvalue weighted by Crippen LogP contribution is -2.50. The minimum atomic E-state index is 0.331. The number of nitrogens with one attached hydrogen (secondary N) is 1. The van der Waals surface area contributed by atoms with Gasteiger partial charge < -0.3 is 15.0 Å². The molecule has 3 heterocycles. The molecule has 5 nitrogen and oxygen atoms in total. The number of hydrogen-bond acceptors (Lipinski definition) is 6. The van der Waals surface area contributed by atoms with Crippen molar-refractivity contribution in [1.29, 1.82) is 0 Å². The highest BCUT2D eigenvalue weighted by molar-refractivity contribution is 7.18. The van der Waals surface area contributed by atoms with E-state index in [1.165, 1.54) is 4.88 Å². The van der Waals surface area contributed by atoms with Crippen LogP contribution in [0.4, 0.5) is 5.82 Å². The van der Waals surface area contributed by atoms with Gasteiger partial charge in [0, 0.05) is 18.0 Å². The summed E-state index contributed by atoms with van der Waals surface area (Å²) in [5.41, 5.74) is 0. The summed E-state index contributed by atoms with van der Waals surface area (Å²) in [5.74, 6) is 1.04. The standard InChI is InChI=1S/C13H18N4OS/c1-9-5-11-12(15-8-16-13(11)19-9)17-3-4-18-7-10(17)6-14-2/h5,8,10,14H,3-4,6-7H2,1-2H3. The Kier molecular flexibility index (Phi) is 3.63. The minimum Gasteiger partial charge on any atom is -0.377 e. The van der Waals surface area contributed by atoms with Gasteiger partial charge in [0.05, 0.1) is 24.6 Å². The number of thiophene rings is 1. The molecule has 102 valence electrons. The Bertz CT molecular complexity index is 569. The molecule has 1 atom stereocenters. The van der Waals surface area contributed by atoms with Crippen molar-refractivity contribution in [2.24, 2.45) is 0 Å². The quantitative estimate of drug-likeness (QED) is 0.920. The number of morpholine rings is 1. The van der Waals surface area contributed by atoms with Gasteiger partial charge in [0.1, 0.15) is 17.0 Å². The summed E-state index contributed by atoms with van der Waals surface area (Å²) in [6.07, 6.45) is 1.67.